The Morgan fingerprint density at radius 1 is 1.00 bits per heavy atom. The molecule has 1 atom stereocenters. The van der Waals surface area contributed by atoms with Crippen molar-refractivity contribution in [2.75, 3.05) is 29.5 Å². The second-order valence-corrected chi connectivity index (χ2v) is 7.61. The molecule has 0 bridgehead atoms. The van der Waals surface area contributed by atoms with E-state index in [1.807, 2.05) is 30.3 Å². The number of nitrogens with two attached hydrogens (primary N) is 2. The molecular weight excluding hydrogens is 364 g/mol. The summed E-state index contributed by atoms with van der Waals surface area (Å²) in [6.07, 6.45) is 3.81. The van der Waals surface area contributed by atoms with Gasteiger partial charge in [0.2, 0.25) is 5.88 Å². The van der Waals surface area contributed by atoms with Crippen LogP contribution in [-0.4, -0.2) is 23.1 Å². The lowest BCUT2D eigenvalue weighted by Gasteiger charge is -2.29. The number of fused-ring (bicyclic) bond motifs is 3. The van der Waals surface area contributed by atoms with Crippen LogP contribution in [0.1, 0.15) is 42.1 Å². The fraction of sp³-hybridized carbons (Fsp3) is 0.318. The number of rotatable bonds is 2. The van der Waals surface area contributed by atoms with Gasteiger partial charge in [-0.15, -0.1) is 0 Å². The standard InChI is InChI=1S/C22H22N6O/c23-12-15-17-14-11-16(13-7-3-1-4-8-13)29-22(14)27-20(25)18(17)19(24)26-21(15)28-9-5-2-6-10-28/h1,3-4,7-8,16H,2,5-6,9-11H2,(H2,24,26)(H2,25,27)/t16-/m1/s1. The van der Waals surface area contributed by atoms with Crippen LogP contribution < -0.4 is 21.1 Å². The highest BCUT2D eigenvalue weighted by molar-refractivity contribution is 6.06. The Labute approximate surface area is 168 Å². The van der Waals surface area contributed by atoms with Crippen molar-refractivity contribution in [2.24, 2.45) is 0 Å². The zero-order chi connectivity index (χ0) is 20.0. The van der Waals surface area contributed by atoms with E-state index < -0.39 is 0 Å². The van der Waals surface area contributed by atoms with E-state index in [9.17, 15) is 5.26 Å². The highest BCUT2D eigenvalue weighted by Crippen LogP contribution is 2.45. The lowest BCUT2D eigenvalue weighted by molar-refractivity contribution is 0.231. The number of piperidine rings is 1. The number of hydrogen-bond acceptors (Lipinski definition) is 7. The Kier molecular flexibility index (Phi) is 4.13. The van der Waals surface area contributed by atoms with Crippen LogP contribution in [-0.2, 0) is 6.42 Å². The summed E-state index contributed by atoms with van der Waals surface area (Å²) in [5, 5.41) is 11.4. The minimum atomic E-state index is -0.164. The van der Waals surface area contributed by atoms with E-state index in [0.717, 1.165) is 42.4 Å². The first-order chi connectivity index (χ1) is 14.2. The van der Waals surface area contributed by atoms with Gasteiger partial charge in [-0.05, 0) is 24.8 Å². The molecule has 0 amide bonds. The van der Waals surface area contributed by atoms with E-state index in [1.165, 1.54) is 6.42 Å². The molecule has 0 radical (unpaired) electrons. The van der Waals surface area contributed by atoms with E-state index in [-0.39, 0.29) is 11.9 Å². The molecule has 0 saturated carbocycles. The minimum Gasteiger partial charge on any atom is -0.469 e. The lowest BCUT2D eigenvalue weighted by Crippen LogP contribution is -2.31. The van der Waals surface area contributed by atoms with E-state index in [1.54, 1.807) is 0 Å². The van der Waals surface area contributed by atoms with E-state index in [0.29, 0.717) is 34.9 Å². The van der Waals surface area contributed by atoms with Crippen LogP contribution >= 0.6 is 0 Å². The molecule has 29 heavy (non-hydrogen) atoms. The third kappa shape index (κ3) is 2.80. The number of benzene rings is 1. The van der Waals surface area contributed by atoms with Crippen molar-refractivity contribution in [3.8, 4) is 11.9 Å². The Hall–Kier alpha value is -3.53. The summed E-state index contributed by atoms with van der Waals surface area (Å²) in [5.74, 6) is 1.69. The molecule has 2 aliphatic rings. The summed E-state index contributed by atoms with van der Waals surface area (Å²) in [6, 6.07) is 12.4. The molecule has 146 valence electrons. The van der Waals surface area contributed by atoms with Crippen molar-refractivity contribution in [2.45, 2.75) is 31.8 Å². The Morgan fingerprint density at radius 3 is 2.45 bits per heavy atom. The van der Waals surface area contributed by atoms with Gasteiger partial charge in [0.15, 0.2) is 0 Å². The molecule has 4 heterocycles. The molecule has 0 unspecified atom stereocenters. The SMILES string of the molecule is N#Cc1c(N2CCCCC2)nc(N)c2c(N)nc3c(c12)C[C@H](c1ccccc1)O3. The molecule has 7 nitrogen and oxygen atoms in total. The van der Waals surface area contributed by atoms with E-state index >= 15 is 0 Å². The Morgan fingerprint density at radius 2 is 1.72 bits per heavy atom. The fourth-order valence-electron chi connectivity index (χ4n) is 4.43. The highest BCUT2D eigenvalue weighted by atomic mass is 16.5. The number of anilines is 3. The first-order valence-electron chi connectivity index (χ1n) is 9.95. The van der Waals surface area contributed by atoms with E-state index in [2.05, 4.69) is 20.9 Å². The lowest BCUT2D eigenvalue weighted by atomic mass is 9.97. The van der Waals surface area contributed by atoms with Gasteiger partial charge in [0.25, 0.3) is 0 Å². The monoisotopic (exact) mass is 386 g/mol. The average molecular weight is 386 g/mol. The van der Waals surface area contributed by atoms with Crippen molar-refractivity contribution >= 4 is 28.2 Å². The summed E-state index contributed by atoms with van der Waals surface area (Å²) in [5.41, 5.74) is 15.0. The van der Waals surface area contributed by atoms with Gasteiger partial charge >= 0.3 is 0 Å². The van der Waals surface area contributed by atoms with Crippen LogP contribution in [0.5, 0.6) is 5.88 Å². The maximum atomic E-state index is 10.1. The van der Waals surface area contributed by atoms with Crippen molar-refractivity contribution in [1.82, 2.24) is 9.97 Å². The van der Waals surface area contributed by atoms with Gasteiger partial charge < -0.3 is 21.1 Å². The highest BCUT2D eigenvalue weighted by Gasteiger charge is 2.32. The maximum Gasteiger partial charge on any atom is 0.219 e. The number of nitrogens with zero attached hydrogens (tertiary/aromatic N) is 4. The predicted molar refractivity (Wildman–Crippen MR) is 113 cm³/mol. The summed E-state index contributed by atoms with van der Waals surface area (Å²) in [7, 11) is 0. The molecule has 1 saturated heterocycles. The topological polar surface area (TPSA) is 114 Å². The zero-order valence-corrected chi connectivity index (χ0v) is 16.1. The first-order valence-corrected chi connectivity index (χ1v) is 9.95. The molecule has 2 aliphatic heterocycles. The van der Waals surface area contributed by atoms with Crippen LogP contribution in [0.3, 0.4) is 0 Å². The molecule has 3 aromatic rings. The third-order valence-corrected chi connectivity index (χ3v) is 5.83. The predicted octanol–water partition coefficient (Wildman–Crippen LogP) is 3.33. The van der Waals surface area contributed by atoms with Crippen LogP contribution in [0.2, 0.25) is 0 Å². The number of pyridine rings is 2. The maximum absolute atomic E-state index is 10.1. The number of nitrogen functional groups attached to an aromatic ring is 2. The van der Waals surface area contributed by atoms with Crippen molar-refractivity contribution < 1.29 is 4.74 Å². The van der Waals surface area contributed by atoms with Gasteiger partial charge in [-0.3, -0.25) is 0 Å². The van der Waals surface area contributed by atoms with Crippen molar-refractivity contribution in [3.63, 3.8) is 0 Å². The van der Waals surface area contributed by atoms with Gasteiger partial charge in [0.05, 0.1) is 5.39 Å². The molecule has 4 N–H and O–H groups in total. The second-order valence-electron chi connectivity index (χ2n) is 7.61. The Bertz CT molecular complexity index is 1130. The number of aromatic nitrogens is 2. The molecular formula is C22H22N6O. The summed E-state index contributed by atoms with van der Waals surface area (Å²) in [6.45, 7) is 1.75. The molecule has 0 spiro atoms. The minimum absolute atomic E-state index is 0.164. The van der Waals surface area contributed by atoms with Gasteiger partial charge in [0.1, 0.15) is 35.2 Å². The fourth-order valence-corrected chi connectivity index (χ4v) is 4.43. The normalized spacial score (nSPS) is 18.3. The summed E-state index contributed by atoms with van der Waals surface area (Å²) < 4.78 is 6.13. The molecule has 7 heteroatoms. The molecule has 2 aromatic heterocycles. The van der Waals surface area contributed by atoms with Gasteiger partial charge in [-0.25, -0.2) is 4.98 Å². The molecule has 1 fully saturated rings. The second kappa shape index (κ2) is 6.82. The zero-order valence-electron chi connectivity index (χ0n) is 16.1. The quantitative estimate of drug-likeness (QED) is 0.694. The largest absolute Gasteiger partial charge is 0.469 e. The molecule has 1 aromatic carbocycles. The van der Waals surface area contributed by atoms with Crippen molar-refractivity contribution in [3.05, 3.63) is 47.0 Å². The molecule has 0 aliphatic carbocycles. The van der Waals surface area contributed by atoms with Gasteiger partial charge in [-0.1, -0.05) is 30.3 Å². The van der Waals surface area contributed by atoms with Crippen LogP contribution in [0.4, 0.5) is 17.5 Å². The average Bonchev–Trinajstić information content (AvgIpc) is 3.18. The van der Waals surface area contributed by atoms with Crippen molar-refractivity contribution in [1.29, 1.82) is 5.26 Å². The van der Waals surface area contributed by atoms with Gasteiger partial charge in [-0.2, -0.15) is 10.2 Å². The third-order valence-electron chi connectivity index (χ3n) is 5.83. The van der Waals surface area contributed by atoms with Crippen LogP contribution in [0.15, 0.2) is 30.3 Å². The number of nitriles is 1. The van der Waals surface area contributed by atoms with E-state index in [4.69, 9.17) is 16.2 Å². The van der Waals surface area contributed by atoms with Crippen LogP contribution in [0.25, 0.3) is 10.8 Å². The first kappa shape index (κ1) is 17.6. The van der Waals surface area contributed by atoms with Gasteiger partial charge in [0, 0.05) is 30.5 Å². The van der Waals surface area contributed by atoms with Crippen LogP contribution in [0, 0.1) is 11.3 Å². The Balaban J connectivity index is 1.71. The number of ether oxygens (including phenoxy) is 1. The molecule has 5 rings (SSSR count). The summed E-state index contributed by atoms with van der Waals surface area (Å²) >= 11 is 0. The smallest absolute Gasteiger partial charge is 0.219 e. The number of hydrogen-bond donors (Lipinski definition) is 2. The summed E-state index contributed by atoms with van der Waals surface area (Å²) in [4.78, 5) is 11.2.